The predicted molar refractivity (Wildman–Crippen MR) is 80.5 cm³/mol. The molecule has 1 heterocycles. The van der Waals surface area contributed by atoms with E-state index in [1.165, 1.54) is 12.1 Å². The number of hydrogen-bond donors (Lipinski definition) is 1. The Balaban J connectivity index is 2.27. The summed E-state index contributed by atoms with van der Waals surface area (Å²) in [7, 11) is 1.33. The Morgan fingerprint density at radius 2 is 2.14 bits per heavy atom. The van der Waals surface area contributed by atoms with E-state index < -0.39 is 9.05 Å². The molecule has 0 aromatic heterocycles. The first kappa shape index (κ1) is 16.5. The van der Waals surface area contributed by atoms with Crippen molar-refractivity contribution in [2.45, 2.75) is 30.7 Å². The smallest absolute Gasteiger partial charge is 0.262 e. The summed E-state index contributed by atoms with van der Waals surface area (Å²) in [5.41, 5.74) is 0.685. The molecule has 1 fully saturated rings. The predicted octanol–water partition coefficient (Wildman–Crippen LogP) is 2.48. The van der Waals surface area contributed by atoms with E-state index >= 15 is 0 Å². The maximum absolute atomic E-state index is 12.2. The molecule has 1 unspecified atom stereocenters. The van der Waals surface area contributed by atoms with E-state index in [0.717, 1.165) is 12.8 Å². The van der Waals surface area contributed by atoms with Crippen LogP contribution in [0.5, 0.6) is 0 Å². The summed E-state index contributed by atoms with van der Waals surface area (Å²) in [6.07, 6.45) is 1.71. The molecule has 21 heavy (non-hydrogen) atoms. The van der Waals surface area contributed by atoms with Gasteiger partial charge in [0.25, 0.3) is 15.0 Å². The van der Waals surface area contributed by atoms with Crippen LogP contribution in [0.4, 0.5) is 0 Å². The average molecular weight is 352 g/mol. The van der Waals surface area contributed by atoms with E-state index in [1.807, 2.05) is 0 Å². The maximum atomic E-state index is 12.2. The second kappa shape index (κ2) is 6.52. The van der Waals surface area contributed by atoms with Crippen LogP contribution in [0, 0.1) is 6.92 Å². The molecular formula is C13H15Cl2NO4S. The van der Waals surface area contributed by atoms with Gasteiger partial charge < -0.3 is 10.1 Å². The van der Waals surface area contributed by atoms with Crippen LogP contribution < -0.4 is 5.32 Å². The normalized spacial score (nSPS) is 19.3. The minimum atomic E-state index is -4.01. The van der Waals surface area contributed by atoms with Gasteiger partial charge in [-0.2, -0.15) is 0 Å². The number of hydrogen-bond acceptors (Lipinski definition) is 4. The van der Waals surface area contributed by atoms with E-state index in [1.54, 1.807) is 6.92 Å². The molecular weight excluding hydrogens is 337 g/mol. The quantitative estimate of drug-likeness (QED) is 0.849. The second-order valence-corrected chi connectivity index (χ2v) is 7.84. The van der Waals surface area contributed by atoms with Crippen LogP contribution in [-0.2, 0) is 13.8 Å². The first-order valence-electron chi connectivity index (χ1n) is 6.42. The summed E-state index contributed by atoms with van der Waals surface area (Å²) in [6.45, 7) is 2.77. The molecule has 1 aromatic rings. The van der Waals surface area contributed by atoms with Crippen molar-refractivity contribution in [1.82, 2.24) is 5.32 Å². The molecule has 1 aromatic carbocycles. The van der Waals surface area contributed by atoms with Crippen molar-refractivity contribution in [2.75, 3.05) is 13.2 Å². The third kappa shape index (κ3) is 4.10. The van der Waals surface area contributed by atoms with Crippen molar-refractivity contribution in [3.05, 3.63) is 28.3 Å². The molecule has 1 N–H and O–H groups in total. The van der Waals surface area contributed by atoms with Gasteiger partial charge in [0.1, 0.15) is 4.90 Å². The minimum Gasteiger partial charge on any atom is -0.379 e. The van der Waals surface area contributed by atoms with Gasteiger partial charge in [0.15, 0.2) is 0 Å². The SMILES string of the molecule is Cc1cc(C(=O)NC2CCCOC2)cc(S(=O)(=O)Cl)c1Cl. The number of amides is 1. The van der Waals surface area contributed by atoms with Crippen molar-refractivity contribution in [2.24, 2.45) is 0 Å². The van der Waals surface area contributed by atoms with Gasteiger partial charge in [-0.05, 0) is 37.5 Å². The van der Waals surface area contributed by atoms with E-state index in [4.69, 9.17) is 27.0 Å². The first-order chi connectivity index (χ1) is 9.79. The lowest BCUT2D eigenvalue weighted by molar-refractivity contribution is 0.0624. The standard InChI is InChI=1S/C13H15Cl2NO4S/c1-8-5-9(6-11(12(8)14)21(15,18)19)13(17)16-10-3-2-4-20-7-10/h5-6,10H,2-4,7H2,1H3,(H,16,17). The van der Waals surface area contributed by atoms with Gasteiger partial charge in [-0.25, -0.2) is 8.42 Å². The maximum Gasteiger partial charge on any atom is 0.262 e. The monoisotopic (exact) mass is 351 g/mol. The molecule has 2 rings (SSSR count). The summed E-state index contributed by atoms with van der Waals surface area (Å²) in [6, 6.07) is 2.65. The number of rotatable bonds is 3. The highest BCUT2D eigenvalue weighted by atomic mass is 35.7. The number of aryl methyl sites for hydroxylation is 1. The van der Waals surface area contributed by atoms with Gasteiger partial charge >= 0.3 is 0 Å². The molecule has 0 aliphatic carbocycles. The van der Waals surface area contributed by atoms with Crippen LogP contribution >= 0.6 is 22.3 Å². The van der Waals surface area contributed by atoms with E-state index in [9.17, 15) is 13.2 Å². The molecule has 0 radical (unpaired) electrons. The fourth-order valence-electron chi connectivity index (χ4n) is 2.17. The van der Waals surface area contributed by atoms with E-state index in [0.29, 0.717) is 18.8 Å². The van der Waals surface area contributed by atoms with Gasteiger partial charge in [-0.15, -0.1) is 0 Å². The summed E-state index contributed by atoms with van der Waals surface area (Å²) in [4.78, 5) is 12.0. The molecule has 116 valence electrons. The molecule has 1 aliphatic heterocycles. The van der Waals surface area contributed by atoms with Crippen molar-refractivity contribution in [1.29, 1.82) is 0 Å². The molecule has 0 bridgehead atoms. The molecule has 1 amide bonds. The number of benzene rings is 1. The van der Waals surface area contributed by atoms with Gasteiger partial charge in [0, 0.05) is 22.9 Å². The zero-order valence-corrected chi connectivity index (χ0v) is 13.7. The first-order valence-corrected chi connectivity index (χ1v) is 9.11. The van der Waals surface area contributed by atoms with Gasteiger partial charge in [0.05, 0.1) is 17.7 Å². The number of halogens is 2. The number of nitrogens with one attached hydrogen (secondary N) is 1. The Kier molecular flexibility index (Phi) is 5.14. The van der Waals surface area contributed by atoms with Crippen molar-refractivity contribution in [3.63, 3.8) is 0 Å². The minimum absolute atomic E-state index is 0.0301. The van der Waals surface area contributed by atoms with Crippen molar-refractivity contribution in [3.8, 4) is 0 Å². The Bertz CT molecular complexity index is 654. The Labute approximate surface area is 133 Å². The Morgan fingerprint density at radius 1 is 1.43 bits per heavy atom. The number of carbonyl (C=O) groups excluding carboxylic acids is 1. The lowest BCUT2D eigenvalue weighted by Crippen LogP contribution is -2.40. The van der Waals surface area contributed by atoms with Crippen LogP contribution in [0.1, 0.15) is 28.8 Å². The molecule has 5 nitrogen and oxygen atoms in total. The summed E-state index contributed by atoms with van der Waals surface area (Å²) in [5, 5.41) is 2.85. The lowest BCUT2D eigenvalue weighted by atomic mass is 10.1. The van der Waals surface area contributed by atoms with Crippen LogP contribution in [0.25, 0.3) is 0 Å². The fourth-order valence-corrected chi connectivity index (χ4v) is 3.71. The van der Waals surface area contributed by atoms with Crippen molar-refractivity contribution < 1.29 is 17.9 Å². The highest BCUT2D eigenvalue weighted by Crippen LogP contribution is 2.29. The molecule has 0 spiro atoms. The molecule has 1 aliphatic rings. The summed E-state index contributed by atoms with van der Waals surface area (Å²) >= 11 is 5.93. The van der Waals surface area contributed by atoms with Gasteiger partial charge in [-0.3, -0.25) is 4.79 Å². The van der Waals surface area contributed by atoms with Crippen molar-refractivity contribution >= 4 is 37.2 Å². The van der Waals surface area contributed by atoms with Gasteiger partial charge in [-0.1, -0.05) is 11.6 Å². The molecule has 8 heteroatoms. The van der Waals surface area contributed by atoms with Crippen LogP contribution in [0.2, 0.25) is 5.02 Å². The summed E-state index contributed by atoms with van der Waals surface area (Å²) in [5.74, 6) is -0.369. The third-order valence-corrected chi connectivity index (χ3v) is 5.20. The molecule has 0 saturated carbocycles. The number of ether oxygens (including phenoxy) is 1. The average Bonchev–Trinajstić information content (AvgIpc) is 2.41. The molecule has 1 atom stereocenters. The van der Waals surface area contributed by atoms with E-state index in [2.05, 4.69) is 5.32 Å². The molecule has 1 saturated heterocycles. The highest BCUT2D eigenvalue weighted by molar-refractivity contribution is 8.13. The second-order valence-electron chi connectivity index (χ2n) is 4.93. The van der Waals surface area contributed by atoms with Crippen LogP contribution in [0.15, 0.2) is 17.0 Å². The highest BCUT2D eigenvalue weighted by Gasteiger charge is 2.22. The van der Waals surface area contributed by atoms with Crippen LogP contribution in [-0.4, -0.2) is 33.6 Å². The zero-order chi connectivity index (χ0) is 15.6. The van der Waals surface area contributed by atoms with E-state index in [-0.39, 0.29) is 27.4 Å². The Hall–Kier alpha value is -0.820. The summed E-state index contributed by atoms with van der Waals surface area (Å²) < 4.78 is 28.3. The van der Waals surface area contributed by atoms with Crippen LogP contribution in [0.3, 0.4) is 0 Å². The number of carbonyl (C=O) groups is 1. The Morgan fingerprint density at radius 3 is 2.71 bits per heavy atom. The zero-order valence-electron chi connectivity index (χ0n) is 11.4. The van der Waals surface area contributed by atoms with Gasteiger partial charge in [0.2, 0.25) is 0 Å². The lowest BCUT2D eigenvalue weighted by Gasteiger charge is -2.23. The topological polar surface area (TPSA) is 72.5 Å². The fraction of sp³-hybridized carbons (Fsp3) is 0.462. The largest absolute Gasteiger partial charge is 0.379 e. The third-order valence-electron chi connectivity index (χ3n) is 3.24.